The molecular formula is C18H20N6O4. The van der Waals surface area contributed by atoms with Crippen LogP contribution in [-0.4, -0.2) is 37.2 Å². The minimum atomic E-state index is -0.622. The molecule has 1 saturated carbocycles. The Hall–Kier alpha value is -3.30. The molecule has 10 nitrogen and oxygen atoms in total. The fraction of sp³-hybridized carbons (Fsp3) is 0.444. The summed E-state index contributed by atoms with van der Waals surface area (Å²) in [5.74, 6) is -0.0172. The van der Waals surface area contributed by atoms with E-state index in [0.717, 1.165) is 32.1 Å². The zero-order valence-electron chi connectivity index (χ0n) is 15.4. The molecule has 1 N–H and O–H groups in total. The maximum absolute atomic E-state index is 13.1. The second kappa shape index (κ2) is 7.37. The largest absolute Gasteiger partial charge is 0.459 e. The van der Waals surface area contributed by atoms with Gasteiger partial charge < -0.3 is 10.1 Å². The van der Waals surface area contributed by atoms with Gasteiger partial charge in [-0.15, -0.1) is 0 Å². The number of hydrogen-bond donors (Lipinski definition) is 1. The van der Waals surface area contributed by atoms with Crippen molar-refractivity contribution >= 4 is 17.6 Å². The van der Waals surface area contributed by atoms with Crippen molar-refractivity contribution < 1.29 is 14.5 Å². The number of carbonyl (C=O) groups excluding carboxylic acids is 1. The number of anilines is 1. The van der Waals surface area contributed by atoms with Crippen molar-refractivity contribution in [3.8, 4) is 0 Å². The van der Waals surface area contributed by atoms with Crippen molar-refractivity contribution in [2.45, 2.75) is 51.2 Å². The molecule has 0 spiro atoms. The molecule has 1 aromatic heterocycles. The minimum absolute atomic E-state index is 0.0262. The number of hydrogen-bond acceptors (Lipinski definition) is 8. The summed E-state index contributed by atoms with van der Waals surface area (Å²) in [6, 6.07) is 5.41. The first kappa shape index (κ1) is 18.1. The Labute approximate surface area is 160 Å². The molecule has 1 aliphatic heterocycles. The smallest absolute Gasteiger partial charge is 0.338 e. The van der Waals surface area contributed by atoms with Crippen LogP contribution in [0.1, 0.15) is 50.6 Å². The second-order valence-electron chi connectivity index (χ2n) is 7.03. The van der Waals surface area contributed by atoms with Crippen LogP contribution >= 0.6 is 0 Å². The Kier molecular flexibility index (Phi) is 4.76. The Balaban J connectivity index is 1.69. The molecule has 2 aliphatic rings. The summed E-state index contributed by atoms with van der Waals surface area (Å²) in [7, 11) is 0. The van der Waals surface area contributed by atoms with Gasteiger partial charge in [0.2, 0.25) is 5.95 Å². The van der Waals surface area contributed by atoms with E-state index in [-0.39, 0.29) is 11.8 Å². The average Bonchev–Trinajstić information content (AvgIpc) is 3.15. The van der Waals surface area contributed by atoms with E-state index in [4.69, 9.17) is 4.74 Å². The van der Waals surface area contributed by atoms with E-state index in [1.807, 2.05) is 0 Å². The van der Waals surface area contributed by atoms with Gasteiger partial charge in [0, 0.05) is 17.8 Å². The predicted octanol–water partition coefficient (Wildman–Crippen LogP) is 2.75. The molecule has 0 radical (unpaired) electrons. The molecule has 2 heterocycles. The van der Waals surface area contributed by atoms with Gasteiger partial charge in [-0.3, -0.25) is 10.1 Å². The lowest BCUT2D eigenvalue weighted by Gasteiger charge is -2.29. The summed E-state index contributed by atoms with van der Waals surface area (Å²) in [6.07, 6.45) is 4.91. The fourth-order valence-corrected chi connectivity index (χ4v) is 3.76. The van der Waals surface area contributed by atoms with Crippen molar-refractivity contribution in [1.29, 1.82) is 0 Å². The molecule has 0 amide bonds. The average molecular weight is 384 g/mol. The Morgan fingerprint density at radius 2 is 1.96 bits per heavy atom. The van der Waals surface area contributed by atoms with E-state index >= 15 is 0 Å². The van der Waals surface area contributed by atoms with Gasteiger partial charge in [-0.2, -0.15) is 4.68 Å². The zero-order chi connectivity index (χ0) is 19.7. The number of nitrogens with zero attached hydrogens (tertiary/aromatic N) is 5. The summed E-state index contributed by atoms with van der Waals surface area (Å²) in [5.41, 5.74) is 1.64. The highest BCUT2D eigenvalue weighted by Gasteiger charge is 2.36. The zero-order valence-corrected chi connectivity index (χ0v) is 15.4. The maximum atomic E-state index is 13.1. The molecule has 0 unspecified atom stereocenters. The second-order valence-corrected chi connectivity index (χ2v) is 7.03. The van der Waals surface area contributed by atoms with E-state index in [0.29, 0.717) is 22.8 Å². The van der Waals surface area contributed by atoms with E-state index < -0.39 is 16.9 Å². The Morgan fingerprint density at radius 1 is 1.25 bits per heavy atom. The third kappa shape index (κ3) is 3.32. The highest BCUT2D eigenvalue weighted by atomic mass is 16.6. The lowest BCUT2D eigenvalue weighted by molar-refractivity contribution is -0.384. The van der Waals surface area contributed by atoms with Crippen LogP contribution in [-0.2, 0) is 9.53 Å². The maximum Gasteiger partial charge on any atom is 0.338 e. The number of aromatic nitrogens is 4. The molecule has 4 rings (SSSR count). The topological polar surface area (TPSA) is 125 Å². The first-order chi connectivity index (χ1) is 13.5. The van der Waals surface area contributed by atoms with Crippen molar-refractivity contribution in [1.82, 2.24) is 20.2 Å². The Bertz CT molecular complexity index is 930. The van der Waals surface area contributed by atoms with Gasteiger partial charge >= 0.3 is 5.97 Å². The lowest BCUT2D eigenvalue weighted by Crippen LogP contribution is -2.32. The standard InChI is InChI=1S/C18H20N6O4/c1-11-15(17(25)28-14-5-3-2-4-6-14)16(23-18(19-11)20-21-22-23)12-7-9-13(10-8-12)24(26)27/h7-10,14,16H,2-6H2,1H3,(H,19,20,22)/t16-/m0/s1. The number of benzene rings is 1. The SMILES string of the molecule is CC1=C(C(=O)OC2CCCCC2)[C@H](c2ccc([N+](=O)[O-])cc2)n2nnnc2N1. The van der Waals surface area contributed by atoms with E-state index in [1.54, 1.807) is 19.1 Å². The molecule has 1 aromatic carbocycles. The minimum Gasteiger partial charge on any atom is -0.459 e. The van der Waals surface area contributed by atoms with Gasteiger partial charge in [-0.05, 0) is 60.7 Å². The number of fused-ring (bicyclic) bond motifs is 1. The molecule has 0 saturated heterocycles. The van der Waals surface area contributed by atoms with Gasteiger partial charge in [0.15, 0.2) is 0 Å². The van der Waals surface area contributed by atoms with Crippen LogP contribution in [0.2, 0.25) is 0 Å². The molecule has 2 aromatic rings. The fourth-order valence-electron chi connectivity index (χ4n) is 3.76. The molecule has 28 heavy (non-hydrogen) atoms. The van der Waals surface area contributed by atoms with E-state index in [9.17, 15) is 14.9 Å². The van der Waals surface area contributed by atoms with Crippen LogP contribution < -0.4 is 5.32 Å². The van der Waals surface area contributed by atoms with Crippen LogP contribution in [0.3, 0.4) is 0 Å². The van der Waals surface area contributed by atoms with Gasteiger partial charge in [-0.25, -0.2) is 4.79 Å². The molecule has 1 aliphatic carbocycles. The molecule has 1 atom stereocenters. The number of nitrogens with one attached hydrogen (secondary N) is 1. The number of allylic oxidation sites excluding steroid dienone is 1. The highest BCUT2D eigenvalue weighted by molar-refractivity contribution is 5.92. The highest BCUT2D eigenvalue weighted by Crippen LogP contribution is 2.36. The third-order valence-corrected chi connectivity index (χ3v) is 5.18. The number of carbonyl (C=O) groups is 1. The van der Waals surface area contributed by atoms with Crippen LogP contribution in [0.15, 0.2) is 35.5 Å². The van der Waals surface area contributed by atoms with Crippen LogP contribution in [0.4, 0.5) is 11.6 Å². The molecule has 10 heteroatoms. The van der Waals surface area contributed by atoms with Gasteiger partial charge in [0.1, 0.15) is 12.1 Å². The summed E-state index contributed by atoms with van der Waals surface area (Å²) < 4.78 is 7.27. The summed E-state index contributed by atoms with van der Waals surface area (Å²) in [4.78, 5) is 23.6. The van der Waals surface area contributed by atoms with Gasteiger partial charge in [0.25, 0.3) is 5.69 Å². The van der Waals surface area contributed by atoms with Crippen LogP contribution in [0.25, 0.3) is 0 Å². The normalized spacial score (nSPS) is 19.7. The third-order valence-electron chi connectivity index (χ3n) is 5.18. The van der Waals surface area contributed by atoms with Crippen molar-refractivity contribution in [3.63, 3.8) is 0 Å². The number of esters is 1. The number of rotatable bonds is 4. The van der Waals surface area contributed by atoms with Crippen LogP contribution in [0.5, 0.6) is 0 Å². The van der Waals surface area contributed by atoms with E-state index in [2.05, 4.69) is 20.8 Å². The summed E-state index contributed by atoms with van der Waals surface area (Å²) >= 11 is 0. The van der Waals surface area contributed by atoms with Crippen molar-refractivity contribution in [2.75, 3.05) is 5.32 Å². The van der Waals surface area contributed by atoms with Crippen molar-refractivity contribution in [2.24, 2.45) is 0 Å². The van der Waals surface area contributed by atoms with Gasteiger partial charge in [-0.1, -0.05) is 11.5 Å². The first-order valence-corrected chi connectivity index (χ1v) is 9.25. The first-order valence-electron chi connectivity index (χ1n) is 9.25. The molecule has 146 valence electrons. The Morgan fingerprint density at radius 3 is 2.64 bits per heavy atom. The number of ether oxygens (including phenoxy) is 1. The summed E-state index contributed by atoms with van der Waals surface area (Å²) in [5, 5.41) is 25.6. The molecular weight excluding hydrogens is 364 g/mol. The molecule has 0 bridgehead atoms. The number of nitro benzene ring substituents is 1. The van der Waals surface area contributed by atoms with Gasteiger partial charge in [0.05, 0.1) is 10.5 Å². The monoisotopic (exact) mass is 384 g/mol. The quantitative estimate of drug-likeness (QED) is 0.484. The number of tetrazole rings is 1. The van der Waals surface area contributed by atoms with E-state index in [1.165, 1.54) is 16.8 Å². The number of nitro groups is 1. The van der Waals surface area contributed by atoms with Crippen molar-refractivity contribution in [3.05, 3.63) is 51.2 Å². The number of non-ortho nitro benzene ring substituents is 1. The lowest BCUT2D eigenvalue weighted by atomic mass is 9.94. The summed E-state index contributed by atoms with van der Waals surface area (Å²) in [6.45, 7) is 1.77. The van der Waals surface area contributed by atoms with Crippen LogP contribution in [0, 0.1) is 10.1 Å². The molecule has 1 fully saturated rings. The predicted molar refractivity (Wildman–Crippen MR) is 98.3 cm³/mol.